The van der Waals surface area contributed by atoms with Crippen LogP contribution in [0, 0.1) is 6.92 Å². The van der Waals surface area contributed by atoms with Crippen molar-refractivity contribution in [1.82, 2.24) is 9.97 Å². The number of para-hydroxylation sites is 1. The summed E-state index contributed by atoms with van der Waals surface area (Å²) in [6, 6.07) is 15.9. The number of hydrogen-bond donors (Lipinski definition) is 0. The van der Waals surface area contributed by atoms with E-state index in [0.717, 1.165) is 16.6 Å². The third kappa shape index (κ3) is 3.45. The van der Waals surface area contributed by atoms with Crippen LogP contribution >= 0.6 is 0 Å². The van der Waals surface area contributed by atoms with Crippen molar-refractivity contribution in [1.29, 1.82) is 0 Å². The van der Waals surface area contributed by atoms with Gasteiger partial charge in [-0.05, 0) is 50.6 Å². The van der Waals surface area contributed by atoms with Gasteiger partial charge in [-0.15, -0.1) is 0 Å². The van der Waals surface area contributed by atoms with Gasteiger partial charge in [-0.2, -0.15) is 0 Å². The Morgan fingerprint density at radius 2 is 1.88 bits per heavy atom. The maximum atomic E-state index is 12.2. The van der Waals surface area contributed by atoms with Crippen molar-refractivity contribution < 1.29 is 9.53 Å². The van der Waals surface area contributed by atoms with Crippen LogP contribution in [0.3, 0.4) is 0 Å². The molecule has 2 aromatic carbocycles. The molecule has 0 unspecified atom stereocenters. The summed E-state index contributed by atoms with van der Waals surface area (Å²) in [5.74, 6) is 0.290. The topological polar surface area (TPSA) is 55.3 Å². The van der Waals surface area contributed by atoms with Crippen molar-refractivity contribution in [2.45, 2.75) is 20.8 Å². The Bertz CT molecular complexity index is 908. The Morgan fingerprint density at radius 1 is 1.08 bits per heavy atom. The maximum absolute atomic E-state index is 12.2. The summed E-state index contributed by atoms with van der Waals surface area (Å²) in [4.78, 5) is 23.2. The van der Waals surface area contributed by atoms with Crippen LogP contribution in [0.1, 0.15) is 30.0 Å². The molecule has 0 aliphatic heterocycles. The number of esters is 1. The number of fused-ring (bicyclic) bond motifs is 1. The number of ether oxygens (including phenoxy) is 1. The van der Waals surface area contributed by atoms with E-state index in [1.54, 1.807) is 6.92 Å². The van der Waals surface area contributed by atoms with E-state index in [4.69, 9.17) is 4.74 Å². The van der Waals surface area contributed by atoms with Gasteiger partial charge in [0.2, 0.25) is 5.82 Å². The number of carbonyl (C=O) groups is 1. The number of anilines is 2. The molecule has 0 saturated heterocycles. The molecular weight excluding hydrogens is 314 g/mol. The van der Waals surface area contributed by atoms with Crippen molar-refractivity contribution >= 4 is 28.4 Å². The molecule has 0 aliphatic rings. The predicted octanol–water partition coefficient (Wildman–Crippen LogP) is 4.27. The van der Waals surface area contributed by atoms with E-state index in [-0.39, 0.29) is 5.82 Å². The molecule has 1 aromatic heterocycles. The Morgan fingerprint density at radius 3 is 2.60 bits per heavy atom. The number of nitrogens with zero attached hydrogens (tertiary/aromatic N) is 3. The van der Waals surface area contributed by atoms with Crippen LogP contribution in [0.2, 0.25) is 0 Å². The molecule has 5 nitrogen and oxygen atoms in total. The second-order valence-corrected chi connectivity index (χ2v) is 5.69. The average molecular weight is 335 g/mol. The van der Waals surface area contributed by atoms with Crippen molar-refractivity contribution in [3.05, 3.63) is 59.9 Å². The summed E-state index contributed by atoms with van der Waals surface area (Å²) in [6.07, 6.45) is 0. The van der Waals surface area contributed by atoms with E-state index >= 15 is 0 Å². The SMILES string of the molecule is CCOC(=O)c1nc(N(CC)c2cccc(C)c2)c2ccccc2n1. The molecule has 0 N–H and O–H groups in total. The molecule has 0 bridgehead atoms. The lowest BCUT2D eigenvalue weighted by Crippen LogP contribution is -2.20. The zero-order chi connectivity index (χ0) is 17.8. The highest BCUT2D eigenvalue weighted by Crippen LogP contribution is 2.30. The minimum absolute atomic E-state index is 0.0849. The molecule has 0 saturated carbocycles. The van der Waals surface area contributed by atoms with Crippen LogP contribution in [0.5, 0.6) is 0 Å². The smallest absolute Gasteiger partial charge is 0.376 e. The first-order valence-electron chi connectivity index (χ1n) is 8.42. The number of aryl methyl sites for hydroxylation is 1. The largest absolute Gasteiger partial charge is 0.460 e. The molecule has 5 heteroatoms. The number of benzene rings is 2. The maximum Gasteiger partial charge on any atom is 0.376 e. The molecule has 25 heavy (non-hydrogen) atoms. The molecule has 0 aliphatic carbocycles. The lowest BCUT2D eigenvalue weighted by atomic mass is 10.1. The summed E-state index contributed by atoms with van der Waals surface area (Å²) < 4.78 is 5.09. The number of hydrogen-bond acceptors (Lipinski definition) is 5. The summed E-state index contributed by atoms with van der Waals surface area (Å²) in [7, 11) is 0. The van der Waals surface area contributed by atoms with Gasteiger partial charge in [-0.25, -0.2) is 14.8 Å². The van der Waals surface area contributed by atoms with Gasteiger partial charge in [0.05, 0.1) is 12.1 Å². The van der Waals surface area contributed by atoms with Gasteiger partial charge in [-0.3, -0.25) is 0 Å². The van der Waals surface area contributed by atoms with E-state index < -0.39 is 5.97 Å². The van der Waals surface area contributed by atoms with E-state index in [1.807, 2.05) is 36.4 Å². The summed E-state index contributed by atoms with van der Waals surface area (Å²) in [5.41, 5.74) is 2.92. The van der Waals surface area contributed by atoms with E-state index in [2.05, 4.69) is 40.8 Å². The molecule has 128 valence electrons. The van der Waals surface area contributed by atoms with Gasteiger partial charge < -0.3 is 9.64 Å². The highest BCUT2D eigenvalue weighted by Gasteiger charge is 2.19. The van der Waals surface area contributed by atoms with Crippen molar-refractivity contribution in [3.8, 4) is 0 Å². The normalized spacial score (nSPS) is 10.7. The second kappa shape index (κ2) is 7.30. The molecule has 0 spiro atoms. The molecule has 3 rings (SSSR count). The monoisotopic (exact) mass is 335 g/mol. The summed E-state index contributed by atoms with van der Waals surface area (Å²) >= 11 is 0. The fourth-order valence-corrected chi connectivity index (χ4v) is 2.80. The minimum atomic E-state index is -0.505. The lowest BCUT2D eigenvalue weighted by Gasteiger charge is -2.24. The van der Waals surface area contributed by atoms with Gasteiger partial charge in [0.25, 0.3) is 0 Å². The first-order valence-corrected chi connectivity index (χ1v) is 8.42. The second-order valence-electron chi connectivity index (χ2n) is 5.69. The summed E-state index contributed by atoms with van der Waals surface area (Å²) in [6.45, 7) is 6.89. The predicted molar refractivity (Wildman–Crippen MR) is 99.4 cm³/mol. The van der Waals surface area contributed by atoms with Crippen molar-refractivity contribution in [2.75, 3.05) is 18.1 Å². The van der Waals surface area contributed by atoms with Crippen molar-refractivity contribution in [2.24, 2.45) is 0 Å². The van der Waals surface area contributed by atoms with Crippen LogP contribution in [0.25, 0.3) is 10.9 Å². The van der Waals surface area contributed by atoms with Crippen LogP contribution in [-0.2, 0) is 4.74 Å². The fourth-order valence-electron chi connectivity index (χ4n) is 2.80. The van der Waals surface area contributed by atoms with Gasteiger partial charge in [0, 0.05) is 17.6 Å². The average Bonchev–Trinajstić information content (AvgIpc) is 2.62. The zero-order valence-electron chi connectivity index (χ0n) is 14.7. The van der Waals surface area contributed by atoms with Gasteiger partial charge in [0.1, 0.15) is 5.82 Å². The van der Waals surface area contributed by atoms with Crippen LogP contribution in [0.4, 0.5) is 11.5 Å². The van der Waals surface area contributed by atoms with E-state index in [1.165, 1.54) is 5.56 Å². The first-order chi connectivity index (χ1) is 12.1. The number of rotatable bonds is 5. The minimum Gasteiger partial charge on any atom is -0.460 e. The first kappa shape index (κ1) is 16.9. The van der Waals surface area contributed by atoms with Gasteiger partial charge >= 0.3 is 5.97 Å². The highest BCUT2D eigenvalue weighted by atomic mass is 16.5. The Hall–Kier alpha value is -2.95. The Labute approximate surface area is 147 Å². The van der Waals surface area contributed by atoms with Gasteiger partial charge in [0.15, 0.2) is 0 Å². The summed E-state index contributed by atoms with van der Waals surface area (Å²) in [5, 5.41) is 0.902. The Kier molecular flexibility index (Phi) is 4.93. The fraction of sp³-hybridized carbons (Fsp3) is 0.250. The molecule has 0 radical (unpaired) electrons. The van der Waals surface area contributed by atoms with Crippen molar-refractivity contribution in [3.63, 3.8) is 0 Å². The molecule has 0 fully saturated rings. The molecular formula is C20H21N3O2. The third-order valence-electron chi connectivity index (χ3n) is 3.93. The van der Waals surface area contributed by atoms with Gasteiger partial charge in [-0.1, -0.05) is 24.3 Å². The molecule has 0 amide bonds. The molecule has 3 aromatic rings. The quantitative estimate of drug-likeness (QED) is 0.652. The molecule has 0 atom stereocenters. The molecule has 1 heterocycles. The Balaban J connectivity index is 2.20. The number of carbonyl (C=O) groups excluding carboxylic acids is 1. The standard InChI is InChI=1S/C20H21N3O2/c1-4-23(15-10-8-9-14(3)13-15)19-16-11-6-7-12-17(16)21-18(22-19)20(24)25-5-2/h6-13H,4-5H2,1-3H3. The van der Waals surface area contributed by atoms with E-state index in [0.29, 0.717) is 19.0 Å². The highest BCUT2D eigenvalue weighted by molar-refractivity contribution is 5.95. The van der Waals surface area contributed by atoms with Crippen LogP contribution < -0.4 is 4.90 Å². The lowest BCUT2D eigenvalue weighted by molar-refractivity contribution is 0.0512. The number of aromatic nitrogens is 2. The van der Waals surface area contributed by atoms with Crippen LogP contribution in [-0.4, -0.2) is 29.1 Å². The van der Waals surface area contributed by atoms with E-state index in [9.17, 15) is 4.79 Å². The third-order valence-corrected chi connectivity index (χ3v) is 3.93. The van der Waals surface area contributed by atoms with Crippen LogP contribution in [0.15, 0.2) is 48.5 Å². The zero-order valence-corrected chi connectivity index (χ0v) is 14.7.